The number of benzene rings is 2. The molecule has 6 heteroatoms. The van der Waals surface area contributed by atoms with Gasteiger partial charge in [-0.25, -0.2) is 4.79 Å². The Morgan fingerprint density at radius 2 is 1.80 bits per heavy atom. The molecule has 2 N–H and O–H groups in total. The summed E-state index contributed by atoms with van der Waals surface area (Å²) in [5.41, 5.74) is 3.07. The highest BCUT2D eigenvalue weighted by Gasteiger charge is 2.13. The number of nitrogens with zero attached hydrogens (tertiary/aromatic N) is 2. The number of aromatic nitrogens is 2. The molecule has 0 spiro atoms. The number of hydrogen-bond acceptors (Lipinski definition) is 6. The highest BCUT2D eigenvalue weighted by molar-refractivity contribution is 5.90. The first kappa shape index (κ1) is 16.9. The molecule has 1 heterocycles. The molecule has 0 bridgehead atoms. The van der Waals surface area contributed by atoms with E-state index in [2.05, 4.69) is 41.0 Å². The van der Waals surface area contributed by atoms with E-state index in [1.54, 1.807) is 24.3 Å². The van der Waals surface area contributed by atoms with Crippen LogP contribution in [-0.4, -0.2) is 16.2 Å². The largest absolute Gasteiger partial charge is 0.416 e. The van der Waals surface area contributed by atoms with Crippen LogP contribution in [-0.2, 0) is 4.84 Å². The number of nitrogens with two attached hydrogens (primary N) is 1. The molecular weight excluding hydrogens is 318 g/mol. The van der Waals surface area contributed by atoms with Gasteiger partial charge in [0, 0.05) is 11.1 Å². The van der Waals surface area contributed by atoms with E-state index in [1.165, 1.54) is 5.56 Å². The van der Waals surface area contributed by atoms with Crippen LogP contribution in [0.5, 0.6) is 0 Å². The van der Waals surface area contributed by atoms with Crippen LogP contribution in [0.25, 0.3) is 22.9 Å². The van der Waals surface area contributed by atoms with Crippen LogP contribution < -0.4 is 5.90 Å². The summed E-state index contributed by atoms with van der Waals surface area (Å²) in [5.74, 6) is 5.56. The number of carbonyl (C=O) groups is 1. The lowest BCUT2D eigenvalue weighted by atomic mass is 9.98. The highest BCUT2D eigenvalue weighted by Crippen LogP contribution is 2.26. The molecular formula is C19H19N3O3. The molecule has 1 unspecified atom stereocenters. The predicted molar refractivity (Wildman–Crippen MR) is 93.5 cm³/mol. The van der Waals surface area contributed by atoms with Gasteiger partial charge in [0.15, 0.2) is 0 Å². The van der Waals surface area contributed by atoms with Gasteiger partial charge in [0.05, 0.1) is 5.56 Å². The van der Waals surface area contributed by atoms with Crippen molar-refractivity contribution in [2.24, 2.45) is 5.90 Å². The number of carbonyl (C=O) groups excluding carboxylic acids is 1. The van der Waals surface area contributed by atoms with E-state index in [0.29, 0.717) is 28.8 Å². The van der Waals surface area contributed by atoms with Gasteiger partial charge in [-0.3, -0.25) is 0 Å². The minimum atomic E-state index is -0.623. The van der Waals surface area contributed by atoms with Gasteiger partial charge in [0.2, 0.25) is 11.8 Å². The zero-order chi connectivity index (χ0) is 17.8. The second-order valence-corrected chi connectivity index (χ2v) is 5.83. The maximum absolute atomic E-state index is 11.5. The van der Waals surface area contributed by atoms with Crippen molar-refractivity contribution in [3.05, 3.63) is 59.7 Å². The monoisotopic (exact) mass is 337 g/mol. The predicted octanol–water partition coefficient (Wildman–Crippen LogP) is 3.95. The van der Waals surface area contributed by atoms with E-state index in [1.807, 2.05) is 12.1 Å². The van der Waals surface area contributed by atoms with Crippen LogP contribution in [0.1, 0.15) is 42.1 Å². The third kappa shape index (κ3) is 3.59. The summed E-state index contributed by atoms with van der Waals surface area (Å²) < 4.78 is 5.75. The van der Waals surface area contributed by atoms with Crippen LogP contribution >= 0.6 is 0 Å². The molecule has 0 fully saturated rings. The van der Waals surface area contributed by atoms with E-state index >= 15 is 0 Å². The molecule has 0 saturated heterocycles. The Morgan fingerprint density at radius 1 is 1.12 bits per heavy atom. The van der Waals surface area contributed by atoms with Crippen molar-refractivity contribution < 1.29 is 14.0 Å². The molecule has 0 aliphatic rings. The molecule has 128 valence electrons. The quantitative estimate of drug-likeness (QED) is 0.709. The van der Waals surface area contributed by atoms with E-state index in [9.17, 15) is 4.79 Å². The molecule has 6 nitrogen and oxygen atoms in total. The molecule has 3 rings (SSSR count). The van der Waals surface area contributed by atoms with Crippen molar-refractivity contribution in [2.75, 3.05) is 0 Å². The SMILES string of the molecule is CCC(C)c1ccc(-c2nnc(-c3cccc(C(=O)ON)c3)o2)cc1. The molecule has 1 aromatic heterocycles. The van der Waals surface area contributed by atoms with Crippen LogP contribution in [0.3, 0.4) is 0 Å². The van der Waals surface area contributed by atoms with Crippen LogP contribution in [0.4, 0.5) is 0 Å². The first-order valence-corrected chi connectivity index (χ1v) is 8.07. The molecule has 3 aromatic rings. The molecule has 0 amide bonds. The van der Waals surface area contributed by atoms with Gasteiger partial charge < -0.3 is 9.25 Å². The van der Waals surface area contributed by atoms with E-state index < -0.39 is 5.97 Å². The molecule has 25 heavy (non-hydrogen) atoms. The maximum atomic E-state index is 11.5. The minimum absolute atomic E-state index is 0.317. The van der Waals surface area contributed by atoms with Gasteiger partial charge >= 0.3 is 5.97 Å². The molecule has 2 aromatic carbocycles. The van der Waals surface area contributed by atoms with Gasteiger partial charge in [-0.05, 0) is 48.2 Å². The Kier molecular flexibility index (Phi) is 4.90. The van der Waals surface area contributed by atoms with Crippen LogP contribution in [0.2, 0.25) is 0 Å². The van der Waals surface area contributed by atoms with Gasteiger partial charge in [0.1, 0.15) is 0 Å². The Morgan fingerprint density at radius 3 is 2.44 bits per heavy atom. The smallest absolute Gasteiger partial charge is 0.356 e. The second-order valence-electron chi connectivity index (χ2n) is 5.83. The van der Waals surface area contributed by atoms with Gasteiger partial charge in [0.25, 0.3) is 0 Å². The first-order chi connectivity index (χ1) is 12.1. The van der Waals surface area contributed by atoms with Crippen molar-refractivity contribution in [2.45, 2.75) is 26.2 Å². The van der Waals surface area contributed by atoms with Crippen molar-refractivity contribution in [1.29, 1.82) is 0 Å². The zero-order valence-electron chi connectivity index (χ0n) is 14.1. The van der Waals surface area contributed by atoms with Crippen molar-refractivity contribution in [3.63, 3.8) is 0 Å². The highest BCUT2D eigenvalue weighted by atomic mass is 16.7. The zero-order valence-corrected chi connectivity index (χ0v) is 14.1. The third-order valence-corrected chi connectivity index (χ3v) is 4.22. The van der Waals surface area contributed by atoms with Gasteiger partial charge in [-0.1, -0.05) is 32.0 Å². The van der Waals surface area contributed by atoms with Crippen molar-refractivity contribution in [1.82, 2.24) is 10.2 Å². The van der Waals surface area contributed by atoms with E-state index in [-0.39, 0.29) is 0 Å². The third-order valence-electron chi connectivity index (χ3n) is 4.22. The van der Waals surface area contributed by atoms with E-state index in [4.69, 9.17) is 10.3 Å². The Hall–Kier alpha value is -2.99. The summed E-state index contributed by atoms with van der Waals surface area (Å²) >= 11 is 0. The van der Waals surface area contributed by atoms with Gasteiger partial charge in [-0.2, -0.15) is 5.90 Å². The van der Waals surface area contributed by atoms with E-state index in [0.717, 1.165) is 12.0 Å². The van der Waals surface area contributed by atoms with Crippen LogP contribution in [0.15, 0.2) is 52.9 Å². The van der Waals surface area contributed by atoms with Gasteiger partial charge in [-0.15, -0.1) is 10.2 Å². The van der Waals surface area contributed by atoms with Crippen molar-refractivity contribution in [3.8, 4) is 22.9 Å². The summed E-state index contributed by atoms with van der Waals surface area (Å²) in [5, 5.41) is 8.16. The average Bonchev–Trinajstić information content (AvgIpc) is 3.17. The molecule has 0 aliphatic carbocycles. The summed E-state index contributed by atoms with van der Waals surface area (Å²) in [6, 6.07) is 14.8. The Balaban J connectivity index is 1.86. The topological polar surface area (TPSA) is 91.2 Å². The fourth-order valence-electron chi connectivity index (χ4n) is 2.49. The lowest BCUT2D eigenvalue weighted by Crippen LogP contribution is -2.09. The summed E-state index contributed by atoms with van der Waals surface area (Å²) in [6.07, 6.45) is 1.09. The Bertz CT molecular complexity index is 872. The number of rotatable bonds is 5. The fraction of sp³-hybridized carbons (Fsp3) is 0.211. The second kappa shape index (κ2) is 7.27. The normalized spacial score (nSPS) is 12.0. The lowest BCUT2D eigenvalue weighted by molar-refractivity contribution is 0.0503. The summed E-state index contributed by atoms with van der Waals surface area (Å²) in [7, 11) is 0. The lowest BCUT2D eigenvalue weighted by Gasteiger charge is -2.08. The summed E-state index contributed by atoms with van der Waals surface area (Å²) in [4.78, 5) is 15.8. The maximum Gasteiger partial charge on any atom is 0.356 e. The molecule has 0 aliphatic heterocycles. The Labute approximate surface area is 145 Å². The molecule has 1 atom stereocenters. The number of hydrogen-bond donors (Lipinski definition) is 1. The minimum Gasteiger partial charge on any atom is -0.416 e. The average molecular weight is 337 g/mol. The molecule has 0 saturated carbocycles. The fourth-order valence-corrected chi connectivity index (χ4v) is 2.49. The van der Waals surface area contributed by atoms with Crippen LogP contribution in [0, 0.1) is 0 Å². The first-order valence-electron chi connectivity index (χ1n) is 8.07. The summed E-state index contributed by atoms with van der Waals surface area (Å²) in [6.45, 7) is 4.36. The molecule has 0 radical (unpaired) electrons. The van der Waals surface area contributed by atoms with Crippen molar-refractivity contribution >= 4 is 5.97 Å². The standard InChI is InChI=1S/C19H19N3O3/c1-3-12(2)13-7-9-14(10-8-13)17-21-22-18(24-17)15-5-4-6-16(11-15)19(23)25-20/h4-12H,3,20H2,1-2H3.